The third-order valence-corrected chi connectivity index (χ3v) is 4.93. The normalized spacial score (nSPS) is 12.5. The lowest BCUT2D eigenvalue weighted by Crippen LogP contribution is -2.30. The van der Waals surface area contributed by atoms with Gasteiger partial charge in [-0.2, -0.15) is 0 Å². The molecule has 3 N–H and O–H groups in total. The molecule has 1 unspecified atom stereocenters. The largest absolute Gasteiger partial charge is 0.392 e. The number of aryl methyl sites for hydroxylation is 1. The van der Waals surface area contributed by atoms with Crippen LogP contribution >= 0.6 is 0 Å². The van der Waals surface area contributed by atoms with E-state index in [1.165, 1.54) is 37.3 Å². The Hall–Kier alpha value is -2.45. The van der Waals surface area contributed by atoms with E-state index in [0.717, 1.165) is 12.1 Å². The number of benzene rings is 2. The van der Waals surface area contributed by atoms with E-state index in [9.17, 15) is 17.6 Å². The Morgan fingerprint density at radius 1 is 1.20 bits per heavy atom. The van der Waals surface area contributed by atoms with Crippen LogP contribution in [0.1, 0.15) is 22.8 Å². The van der Waals surface area contributed by atoms with Crippen molar-refractivity contribution >= 4 is 21.6 Å². The molecule has 0 aromatic heterocycles. The molecule has 0 fully saturated rings. The Morgan fingerprint density at radius 2 is 1.84 bits per heavy atom. The minimum absolute atomic E-state index is 0.0207. The van der Waals surface area contributed by atoms with E-state index in [2.05, 4.69) is 10.0 Å². The SMILES string of the molecule is Cc1cc(F)ccc1S(=O)(=O)Nc1ccc(C(=O)NCC(C)O)cc1. The van der Waals surface area contributed by atoms with Crippen molar-refractivity contribution in [1.82, 2.24) is 5.32 Å². The van der Waals surface area contributed by atoms with Crippen molar-refractivity contribution in [3.63, 3.8) is 0 Å². The van der Waals surface area contributed by atoms with E-state index < -0.39 is 21.9 Å². The third kappa shape index (κ3) is 5.01. The van der Waals surface area contributed by atoms with Crippen molar-refractivity contribution in [2.24, 2.45) is 0 Å². The van der Waals surface area contributed by atoms with E-state index in [0.29, 0.717) is 11.1 Å². The maximum Gasteiger partial charge on any atom is 0.262 e. The first-order chi connectivity index (χ1) is 11.7. The van der Waals surface area contributed by atoms with Gasteiger partial charge in [-0.25, -0.2) is 12.8 Å². The number of hydrogen-bond donors (Lipinski definition) is 3. The van der Waals surface area contributed by atoms with Gasteiger partial charge in [0.25, 0.3) is 15.9 Å². The number of hydrogen-bond acceptors (Lipinski definition) is 4. The standard InChI is InChI=1S/C17H19FN2O4S/c1-11-9-14(18)5-8-16(11)25(23,24)20-15-6-3-13(4-7-15)17(22)19-10-12(2)21/h3-9,12,20-21H,10H2,1-2H3,(H,19,22). The van der Waals surface area contributed by atoms with Crippen molar-refractivity contribution in [1.29, 1.82) is 0 Å². The van der Waals surface area contributed by atoms with Crippen LogP contribution in [0.5, 0.6) is 0 Å². The van der Waals surface area contributed by atoms with Crippen LogP contribution in [-0.4, -0.2) is 32.1 Å². The number of halogens is 1. The zero-order valence-electron chi connectivity index (χ0n) is 13.8. The summed E-state index contributed by atoms with van der Waals surface area (Å²) in [5.74, 6) is -0.881. The summed E-state index contributed by atoms with van der Waals surface area (Å²) >= 11 is 0. The van der Waals surface area contributed by atoms with Crippen LogP contribution in [0, 0.1) is 12.7 Å². The Bertz CT molecular complexity index is 865. The minimum Gasteiger partial charge on any atom is -0.392 e. The van der Waals surface area contributed by atoms with Crippen LogP contribution in [-0.2, 0) is 10.0 Å². The Kier molecular flexibility index (Phi) is 5.76. The highest BCUT2D eigenvalue weighted by Crippen LogP contribution is 2.20. The average Bonchev–Trinajstić information content (AvgIpc) is 2.52. The summed E-state index contributed by atoms with van der Waals surface area (Å²) in [6.07, 6.45) is -0.658. The number of aliphatic hydroxyl groups excluding tert-OH is 1. The van der Waals surface area contributed by atoms with Crippen LogP contribution in [0.2, 0.25) is 0 Å². The highest BCUT2D eigenvalue weighted by Gasteiger charge is 2.17. The Morgan fingerprint density at radius 3 is 2.40 bits per heavy atom. The molecule has 8 heteroatoms. The molecule has 2 aromatic rings. The van der Waals surface area contributed by atoms with Crippen LogP contribution in [0.25, 0.3) is 0 Å². The number of sulfonamides is 1. The lowest BCUT2D eigenvalue weighted by atomic mass is 10.2. The minimum atomic E-state index is -3.87. The van der Waals surface area contributed by atoms with Gasteiger partial charge in [-0.3, -0.25) is 9.52 Å². The van der Waals surface area contributed by atoms with Gasteiger partial charge in [0.15, 0.2) is 0 Å². The average molecular weight is 366 g/mol. The lowest BCUT2D eigenvalue weighted by molar-refractivity contribution is 0.0924. The second-order valence-corrected chi connectivity index (χ2v) is 7.30. The topological polar surface area (TPSA) is 95.5 Å². The number of anilines is 1. The van der Waals surface area contributed by atoms with Gasteiger partial charge in [-0.05, 0) is 61.9 Å². The molecule has 0 heterocycles. The molecular weight excluding hydrogens is 347 g/mol. The molecule has 0 aliphatic carbocycles. The first-order valence-corrected chi connectivity index (χ1v) is 9.02. The van der Waals surface area contributed by atoms with E-state index in [-0.39, 0.29) is 23.0 Å². The first-order valence-electron chi connectivity index (χ1n) is 7.54. The number of carbonyl (C=O) groups is 1. The fraction of sp³-hybridized carbons (Fsp3) is 0.235. The molecule has 25 heavy (non-hydrogen) atoms. The first kappa shape index (κ1) is 18.9. The van der Waals surface area contributed by atoms with E-state index in [1.54, 1.807) is 6.92 Å². The predicted molar refractivity (Wildman–Crippen MR) is 92.4 cm³/mol. The summed E-state index contributed by atoms with van der Waals surface area (Å²) in [7, 11) is -3.87. The molecule has 0 spiro atoms. The van der Waals surface area contributed by atoms with Crippen molar-refractivity contribution < 1.29 is 22.7 Å². The molecule has 1 amide bonds. The van der Waals surface area contributed by atoms with Crippen molar-refractivity contribution in [3.8, 4) is 0 Å². The molecule has 0 aliphatic rings. The molecule has 0 bridgehead atoms. The Balaban J connectivity index is 2.13. The molecule has 1 atom stereocenters. The summed E-state index contributed by atoms with van der Waals surface area (Å²) in [5.41, 5.74) is 0.902. The molecular formula is C17H19FN2O4S. The van der Waals surface area contributed by atoms with Gasteiger partial charge in [0.2, 0.25) is 0 Å². The monoisotopic (exact) mass is 366 g/mol. The van der Waals surface area contributed by atoms with Crippen LogP contribution < -0.4 is 10.0 Å². The molecule has 0 radical (unpaired) electrons. The van der Waals surface area contributed by atoms with Gasteiger partial charge in [0, 0.05) is 17.8 Å². The highest BCUT2D eigenvalue weighted by molar-refractivity contribution is 7.92. The van der Waals surface area contributed by atoms with Gasteiger partial charge in [0.1, 0.15) is 5.82 Å². The molecule has 2 aromatic carbocycles. The van der Waals surface area contributed by atoms with Crippen LogP contribution in [0.3, 0.4) is 0 Å². The second-order valence-electron chi connectivity index (χ2n) is 5.65. The van der Waals surface area contributed by atoms with E-state index in [1.807, 2.05) is 0 Å². The summed E-state index contributed by atoms with van der Waals surface area (Å²) in [6, 6.07) is 9.26. The summed E-state index contributed by atoms with van der Waals surface area (Å²) in [5, 5.41) is 11.7. The number of nitrogens with one attached hydrogen (secondary N) is 2. The summed E-state index contributed by atoms with van der Waals surface area (Å²) < 4.78 is 40.3. The molecule has 0 saturated heterocycles. The molecule has 6 nitrogen and oxygen atoms in total. The number of amides is 1. The van der Waals surface area contributed by atoms with Crippen molar-refractivity contribution in [2.45, 2.75) is 24.8 Å². The maximum atomic E-state index is 13.1. The van der Waals surface area contributed by atoms with Gasteiger partial charge in [-0.1, -0.05) is 0 Å². The number of aliphatic hydroxyl groups is 1. The van der Waals surface area contributed by atoms with Crippen LogP contribution in [0.15, 0.2) is 47.4 Å². The maximum absolute atomic E-state index is 13.1. The zero-order chi connectivity index (χ0) is 18.6. The Labute approximate surface area is 145 Å². The van der Waals surface area contributed by atoms with Crippen LogP contribution in [0.4, 0.5) is 10.1 Å². The predicted octanol–water partition coefficient (Wildman–Crippen LogP) is 2.05. The molecule has 0 saturated carbocycles. The summed E-state index contributed by atoms with van der Waals surface area (Å²) in [6.45, 7) is 3.18. The van der Waals surface area contributed by atoms with Gasteiger partial charge < -0.3 is 10.4 Å². The van der Waals surface area contributed by atoms with Gasteiger partial charge in [0.05, 0.1) is 11.0 Å². The van der Waals surface area contributed by atoms with E-state index >= 15 is 0 Å². The molecule has 2 rings (SSSR count). The summed E-state index contributed by atoms with van der Waals surface area (Å²) in [4.78, 5) is 11.8. The van der Waals surface area contributed by atoms with E-state index in [4.69, 9.17) is 5.11 Å². The smallest absolute Gasteiger partial charge is 0.262 e. The third-order valence-electron chi connectivity index (χ3n) is 3.38. The van der Waals surface area contributed by atoms with Gasteiger partial charge in [-0.15, -0.1) is 0 Å². The fourth-order valence-corrected chi connectivity index (χ4v) is 3.44. The number of rotatable bonds is 6. The van der Waals surface area contributed by atoms with Crippen molar-refractivity contribution in [3.05, 3.63) is 59.4 Å². The highest BCUT2D eigenvalue weighted by atomic mass is 32.2. The van der Waals surface area contributed by atoms with Gasteiger partial charge >= 0.3 is 0 Å². The molecule has 134 valence electrons. The fourth-order valence-electron chi connectivity index (χ4n) is 2.16. The molecule has 0 aliphatic heterocycles. The number of carbonyl (C=O) groups excluding carboxylic acids is 1. The van der Waals surface area contributed by atoms with Crippen molar-refractivity contribution in [2.75, 3.05) is 11.3 Å². The zero-order valence-corrected chi connectivity index (χ0v) is 14.6. The lowest BCUT2D eigenvalue weighted by Gasteiger charge is -2.11. The quantitative estimate of drug-likeness (QED) is 0.729. The second kappa shape index (κ2) is 7.62.